The molecular formula is C7H13BrS. The van der Waals surface area contributed by atoms with Gasteiger partial charge in [0, 0.05) is 10.6 Å². The lowest BCUT2D eigenvalue weighted by Gasteiger charge is -2.04. The summed E-state index contributed by atoms with van der Waals surface area (Å²) in [5, 5.41) is 2.19. The van der Waals surface area contributed by atoms with E-state index in [0.717, 1.165) is 5.25 Å². The van der Waals surface area contributed by atoms with Gasteiger partial charge < -0.3 is 0 Å². The first-order valence-electron chi connectivity index (χ1n) is 3.61. The van der Waals surface area contributed by atoms with Crippen LogP contribution in [0.1, 0.15) is 25.7 Å². The zero-order valence-electron chi connectivity index (χ0n) is 5.61. The lowest BCUT2D eigenvalue weighted by Crippen LogP contribution is -1.95. The molecule has 0 saturated carbocycles. The summed E-state index contributed by atoms with van der Waals surface area (Å²) in [4.78, 5) is 0. The third kappa shape index (κ3) is 2.94. The van der Waals surface area contributed by atoms with E-state index in [0.29, 0.717) is 0 Å². The molecule has 0 aromatic rings. The summed E-state index contributed by atoms with van der Waals surface area (Å²) >= 11 is 5.61. The standard InChI is InChI=1S/C7H13BrS/c8-5-1-3-7-4-2-6-9-7/h7H,1-6H2. The smallest absolute Gasteiger partial charge is 0.00476 e. The minimum Gasteiger partial charge on any atom is -0.159 e. The van der Waals surface area contributed by atoms with Gasteiger partial charge in [0.25, 0.3) is 0 Å². The minimum absolute atomic E-state index is 1.00. The van der Waals surface area contributed by atoms with Crippen LogP contribution in [0.15, 0.2) is 0 Å². The second kappa shape index (κ2) is 4.62. The third-order valence-corrected chi connectivity index (χ3v) is 3.71. The molecule has 0 nitrogen and oxygen atoms in total. The van der Waals surface area contributed by atoms with Gasteiger partial charge in [-0.2, -0.15) is 11.8 Å². The lowest BCUT2D eigenvalue weighted by atomic mass is 10.2. The molecule has 1 atom stereocenters. The maximum Gasteiger partial charge on any atom is 0.00476 e. The third-order valence-electron chi connectivity index (χ3n) is 1.68. The van der Waals surface area contributed by atoms with Crippen LogP contribution in [0.2, 0.25) is 0 Å². The number of rotatable bonds is 3. The van der Waals surface area contributed by atoms with E-state index in [-0.39, 0.29) is 0 Å². The Bertz CT molecular complexity index is 69.3. The van der Waals surface area contributed by atoms with Crippen molar-refractivity contribution < 1.29 is 0 Å². The Hall–Kier alpha value is 0.830. The Morgan fingerprint density at radius 1 is 1.56 bits per heavy atom. The van der Waals surface area contributed by atoms with Crippen LogP contribution in [0, 0.1) is 0 Å². The number of hydrogen-bond donors (Lipinski definition) is 0. The van der Waals surface area contributed by atoms with E-state index in [4.69, 9.17) is 0 Å². The zero-order chi connectivity index (χ0) is 6.53. The molecule has 0 radical (unpaired) electrons. The molecule has 1 saturated heterocycles. The van der Waals surface area contributed by atoms with Crippen molar-refractivity contribution in [3.05, 3.63) is 0 Å². The number of thioether (sulfide) groups is 1. The fraction of sp³-hybridized carbons (Fsp3) is 1.00. The van der Waals surface area contributed by atoms with E-state index in [1.165, 1.54) is 36.8 Å². The molecule has 1 unspecified atom stereocenters. The molecule has 1 heterocycles. The lowest BCUT2D eigenvalue weighted by molar-refractivity contribution is 0.708. The quantitative estimate of drug-likeness (QED) is 0.643. The Morgan fingerprint density at radius 3 is 3.00 bits per heavy atom. The van der Waals surface area contributed by atoms with Gasteiger partial charge in [0.2, 0.25) is 0 Å². The van der Waals surface area contributed by atoms with E-state index in [1.54, 1.807) is 0 Å². The van der Waals surface area contributed by atoms with Crippen LogP contribution in [-0.2, 0) is 0 Å². The van der Waals surface area contributed by atoms with Gasteiger partial charge in [-0.05, 0) is 31.4 Å². The molecule has 0 aliphatic carbocycles. The van der Waals surface area contributed by atoms with Crippen LogP contribution in [0.5, 0.6) is 0 Å². The highest BCUT2D eigenvalue weighted by molar-refractivity contribution is 9.09. The SMILES string of the molecule is BrCCCC1CCCS1. The highest BCUT2D eigenvalue weighted by Gasteiger charge is 2.13. The predicted molar refractivity (Wildman–Crippen MR) is 48.5 cm³/mol. The van der Waals surface area contributed by atoms with Crippen molar-refractivity contribution in [2.45, 2.75) is 30.9 Å². The van der Waals surface area contributed by atoms with Crippen LogP contribution < -0.4 is 0 Å². The van der Waals surface area contributed by atoms with Crippen LogP contribution in [0.25, 0.3) is 0 Å². The fourth-order valence-corrected chi connectivity index (χ4v) is 2.83. The van der Waals surface area contributed by atoms with Crippen molar-refractivity contribution in [2.75, 3.05) is 11.1 Å². The van der Waals surface area contributed by atoms with Crippen molar-refractivity contribution in [3.63, 3.8) is 0 Å². The molecule has 0 spiro atoms. The molecule has 0 amide bonds. The molecule has 9 heavy (non-hydrogen) atoms. The van der Waals surface area contributed by atoms with Crippen molar-refractivity contribution in [1.29, 1.82) is 0 Å². The van der Waals surface area contributed by atoms with Gasteiger partial charge in [-0.3, -0.25) is 0 Å². The van der Waals surface area contributed by atoms with Crippen molar-refractivity contribution >= 4 is 27.7 Å². The number of halogens is 1. The van der Waals surface area contributed by atoms with Crippen molar-refractivity contribution in [1.82, 2.24) is 0 Å². The number of hydrogen-bond acceptors (Lipinski definition) is 1. The molecular weight excluding hydrogens is 196 g/mol. The average Bonchev–Trinajstić information content (AvgIpc) is 2.34. The Labute approximate surface area is 69.9 Å². The second-order valence-corrected chi connectivity index (χ2v) is 4.67. The molecule has 0 aromatic heterocycles. The van der Waals surface area contributed by atoms with Crippen LogP contribution >= 0.6 is 27.7 Å². The highest BCUT2D eigenvalue weighted by Crippen LogP contribution is 2.29. The maximum atomic E-state index is 3.45. The first-order chi connectivity index (χ1) is 4.43. The monoisotopic (exact) mass is 208 g/mol. The largest absolute Gasteiger partial charge is 0.159 e. The Balaban J connectivity index is 1.98. The van der Waals surface area contributed by atoms with Gasteiger partial charge in [0.1, 0.15) is 0 Å². The summed E-state index contributed by atoms with van der Waals surface area (Å²) in [6.07, 6.45) is 5.71. The molecule has 1 rings (SSSR count). The topological polar surface area (TPSA) is 0 Å². The molecule has 1 aliphatic heterocycles. The van der Waals surface area contributed by atoms with E-state index < -0.39 is 0 Å². The first-order valence-corrected chi connectivity index (χ1v) is 5.78. The molecule has 0 N–H and O–H groups in total. The van der Waals surface area contributed by atoms with E-state index in [2.05, 4.69) is 27.7 Å². The summed E-state index contributed by atoms with van der Waals surface area (Å²) in [6, 6.07) is 0. The summed E-state index contributed by atoms with van der Waals surface area (Å²) in [5.41, 5.74) is 0. The van der Waals surface area contributed by atoms with Crippen molar-refractivity contribution in [3.8, 4) is 0 Å². The molecule has 54 valence electrons. The van der Waals surface area contributed by atoms with Gasteiger partial charge in [-0.15, -0.1) is 0 Å². The van der Waals surface area contributed by atoms with Gasteiger partial charge in [-0.1, -0.05) is 15.9 Å². The second-order valence-electron chi connectivity index (χ2n) is 2.47. The summed E-state index contributed by atoms with van der Waals surface area (Å²) in [7, 11) is 0. The van der Waals surface area contributed by atoms with Crippen LogP contribution in [-0.4, -0.2) is 16.3 Å². The fourth-order valence-electron chi connectivity index (χ4n) is 1.18. The van der Waals surface area contributed by atoms with Gasteiger partial charge in [-0.25, -0.2) is 0 Å². The molecule has 2 heteroatoms. The summed E-state index contributed by atoms with van der Waals surface area (Å²) in [5.74, 6) is 1.41. The first kappa shape index (κ1) is 7.93. The van der Waals surface area contributed by atoms with E-state index in [9.17, 15) is 0 Å². The Kier molecular flexibility index (Phi) is 4.07. The molecule has 1 fully saturated rings. The summed E-state index contributed by atoms with van der Waals surface area (Å²) < 4.78 is 0. The maximum absolute atomic E-state index is 3.45. The normalized spacial score (nSPS) is 27.0. The highest BCUT2D eigenvalue weighted by atomic mass is 79.9. The van der Waals surface area contributed by atoms with E-state index >= 15 is 0 Å². The minimum atomic E-state index is 1.00. The van der Waals surface area contributed by atoms with Gasteiger partial charge in [0.15, 0.2) is 0 Å². The molecule has 0 bridgehead atoms. The van der Waals surface area contributed by atoms with Crippen LogP contribution in [0.3, 0.4) is 0 Å². The van der Waals surface area contributed by atoms with Crippen molar-refractivity contribution in [2.24, 2.45) is 0 Å². The predicted octanol–water partition coefficient (Wildman–Crippen LogP) is 3.06. The zero-order valence-corrected chi connectivity index (χ0v) is 8.01. The molecule has 1 aliphatic rings. The average molecular weight is 209 g/mol. The van der Waals surface area contributed by atoms with Gasteiger partial charge >= 0.3 is 0 Å². The summed E-state index contributed by atoms with van der Waals surface area (Å²) in [6.45, 7) is 0. The van der Waals surface area contributed by atoms with Crippen LogP contribution in [0.4, 0.5) is 0 Å². The number of alkyl halides is 1. The van der Waals surface area contributed by atoms with Gasteiger partial charge in [0.05, 0.1) is 0 Å². The van der Waals surface area contributed by atoms with E-state index in [1.807, 2.05) is 0 Å². The Morgan fingerprint density at radius 2 is 2.44 bits per heavy atom. The molecule has 0 aromatic carbocycles.